The van der Waals surface area contributed by atoms with Crippen molar-refractivity contribution in [3.63, 3.8) is 0 Å². The van der Waals surface area contributed by atoms with Crippen molar-refractivity contribution in [2.45, 2.75) is 26.9 Å². The van der Waals surface area contributed by atoms with Crippen molar-refractivity contribution < 1.29 is 14.3 Å². The third kappa shape index (κ3) is 5.72. The van der Waals surface area contributed by atoms with E-state index in [4.69, 9.17) is 16.3 Å². The van der Waals surface area contributed by atoms with Crippen molar-refractivity contribution in [3.8, 4) is 11.6 Å². The highest BCUT2D eigenvalue weighted by Crippen LogP contribution is 2.32. The summed E-state index contributed by atoms with van der Waals surface area (Å²) in [5.41, 5.74) is 3.56. The molecule has 45 heavy (non-hydrogen) atoms. The van der Waals surface area contributed by atoms with Crippen LogP contribution in [0.2, 0.25) is 5.02 Å². The zero-order valence-electron chi connectivity index (χ0n) is 24.7. The number of rotatable bonds is 8. The number of carbonyl (C=O) groups is 2. The molecule has 0 radical (unpaired) electrons. The number of hydrogen-bond acceptors (Lipinski definition) is 10. The number of methoxy groups -OCH3 is 1. The van der Waals surface area contributed by atoms with Gasteiger partial charge in [0.15, 0.2) is 17.3 Å². The van der Waals surface area contributed by atoms with E-state index in [1.54, 1.807) is 37.8 Å². The summed E-state index contributed by atoms with van der Waals surface area (Å²) in [6, 6.07) is 10.8. The maximum atomic E-state index is 11.3. The van der Waals surface area contributed by atoms with Crippen molar-refractivity contribution in [3.05, 3.63) is 89.2 Å². The second kappa shape index (κ2) is 12.6. The van der Waals surface area contributed by atoms with Gasteiger partial charge in [0.25, 0.3) is 11.8 Å². The molecule has 6 aromatic rings. The molecule has 7 rings (SSSR count). The Morgan fingerprint density at radius 1 is 0.978 bits per heavy atom. The topological polar surface area (TPSA) is 154 Å². The first kappa shape index (κ1) is 29.5. The lowest BCUT2D eigenvalue weighted by atomic mass is 10.1. The Morgan fingerprint density at radius 3 is 2.56 bits per heavy atom. The number of anilines is 2. The number of aromatic nitrogens is 7. The van der Waals surface area contributed by atoms with Gasteiger partial charge in [-0.1, -0.05) is 17.7 Å². The van der Waals surface area contributed by atoms with Crippen LogP contribution in [0, 0.1) is 0 Å². The van der Waals surface area contributed by atoms with Crippen molar-refractivity contribution >= 4 is 56.7 Å². The summed E-state index contributed by atoms with van der Waals surface area (Å²) in [7, 11) is 1.60. The van der Waals surface area contributed by atoms with Gasteiger partial charge in [0.05, 0.1) is 34.8 Å². The monoisotopic (exact) mass is 624 g/mol. The third-order valence-electron chi connectivity index (χ3n) is 7.23. The molecule has 0 unspecified atom stereocenters. The molecule has 2 amide bonds. The minimum absolute atomic E-state index is 0.312. The minimum atomic E-state index is -0.315. The smallest absolute Gasteiger partial charge is 0.259 e. The van der Waals surface area contributed by atoms with E-state index in [1.807, 2.05) is 59.9 Å². The van der Waals surface area contributed by atoms with Gasteiger partial charge in [-0.25, -0.2) is 14.6 Å². The Bertz CT molecular complexity index is 2040. The predicted octanol–water partition coefficient (Wildman–Crippen LogP) is 4.86. The zero-order valence-corrected chi connectivity index (χ0v) is 25.5. The first-order valence-corrected chi connectivity index (χ1v) is 14.6. The fourth-order valence-corrected chi connectivity index (χ4v) is 5.35. The number of amides is 2. The molecule has 228 valence electrons. The number of imide groups is 1. The van der Waals surface area contributed by atoms with Crippen molar-refractivity contribution in [1.82, 2.24) is 39.8 Å². The Kier molecular flexibility index (Phi) is 8.25. The van der Waals surface area contributed by atoms with Crippen molar-refractivity contribution in [1.29, 1.82) is 0 Å². The van der Waals surface area contributed by atoms with Gasteiger partial charge >= 0.3 is 0 Å². The van der Waals surface area contributed by atoms with Gasteiger partial charge in [-0.3, -0.25) is 19.5 Å². The van der Waals surface area contributed by atoms with E-state index >= 15 is 0 Å². The highest BCUT2D eigenvalue weighted by atomic mass is 35.5. The van der Waals surface area contributed by atoms with Crippen molar-refractivity contribution in [2.24, 2.45) is 0 Å². The Balaban J connectivity index is 0.000000213. The number of hydrogen-bond donors (Lipinski definition) is 3. The van der Waals surface area contributed by atoms with E-state index < -0.39 is 0 Å². The average molecular weight is 625 g/mol. The van der Waals surface area contributed by atoms with E-state index in [-0.39, 0.29) is 11.8 Å². The third-order valence-corrected chi connectivity index (χ3v) is 7.53. The second-order valence-corrected chi connectivity index (χ2v) is 10.4. The molecule has 1 aliphatic rings. The van der Waals surface area contributed by atoms with Gasteiger partial charge in [0.1, 0.15) is 12.1 Å². The van der Waals surface area contributed by atoms with Crippen LogP contribution in [0.3, 0.4) is 0 Å². The molecule has 1 aliphatic heterocycles. The fraction of sp³-hybridized carbons (Fsp3) is 0.194. The molecule has 4 aromatic heterocycles. The molecule has 0 spiro atoms. The standard InChI is InChI=1S/C21H19ClN8O.C10H10N2O2/c1-3-30-20-15(11-26-30)18-14(10-25-20)21(29-7-6-23-12-29)28-27-19(18)24-9-13-4-5-17(31-2)16(22)8-13;1-2-11-6-3-4-7-8(5-6)10(14)12-9(7)13/h4-8,10-12H,3,9H2,1-2H3,(H,24,27);3-5,11H,2H2,1H3,(H,12,13,14). The van der Waals surface area contributed by atoms with Gasteiger partial charge in [0.2, 0.25) is 0 Å². The average Bonchev–Trinajstić information content (AvgIpc) is 3.80. The van der Waals surface area contributed by atoms with Gasteiger partial charge in [0, 0.05) is 54.7 Å². The van der Waals surface area contributed by atoms with E-state index in [0.29, 0.717) is 40.1 Å². The maximum absolute atomic E-state index is 11.3. The summed E-state index contributed by atoms with van der Waals surface area (Å²) in [4.78, 5) is 31.2. The molecule has 13 nitrogen and oxygen atoms in total. The highest BCUT2D eigenvalue weighted by Gasteiger charge is 2.26. The van der Waals surface area contributed by atoms with Crippen molar-refractivity contribution in [2.75, 3.05) is 24.3 Å². The second-order valence-electron chi connectivity index (χ2n) is 9.98. The molecule has 0 saturated carbocycles. The SMILES string of the molecule is CCNc1ccc2c(c1)C(=O)NC2=O.CCn1ncc2c3c(NCc4ccc(OC)c(Cl)c4)nnc(-n4ccnc4)c3cnc21. The normalized spacial score (nSPS) is 12.1. The van der Waals surface area contributed by atoms with Crippen LogP contribution in [0.5, 0.6) is 5.75 Å². The molecule has 0 atom stereocenters. The Hall–Kier alpha value is -5.56. The van der Waals surface area contributed by atoms with Crippen LogP contribution in [0.15, 0.2) is 67.5 Å². The van der Waals surface area contributed by atoms with Crippen LogP contribution >= 0.6 is 11.6 Å². The summed E-state index contributed by atoms with van der Waals surface area (Å²) in [5.74, 6) is 1.32. The molecule has 0 aliphatic carbocycles. The van der Waals surface area contributed by atoms with Crippen LogP contribution in [-0.4, -0.2) is 60.0 Å². The van der Waals surface area contributed by atoms with Gasteiger partial charge in [-0.15, -0.1) is 10.2 Å². The molecule has 0 saturated heterocycles. The highest BCUT2D eigenvalue weighted by molar-refractivity contribution is 6.32. The van der Waals surface area contributed by atoms with E-state index in [1.165, 1.54) is 0 Å². The van der Waals surface area contributed by atoms with Crippen LogP contribution in [0.25, 0.3) is 27.6 Å². The first-order chi connectivity index (χ1) is 21.9. The number of halogens is 1. The lowest BCUT2D eigenvalue weighted by Crippen LogP contribution is -2.19. The van der Waals surface area contributed by atoms with Crippen LogP contribution in [0.1, 0.15) is 40.1 Å². The van der Waals surface area contributed by atoms with Crippen LogP contribution < -0.4 is 20.7 Å². The lowest BCUT2D eigenvalue weighted by molar-refractivity contribution is 0.0879. The molecular weight excluding hydrogens is 596 g/mol. The maximum Gasteiger partial charge on any atom is 0.259 e. The summed E-state index contributed by atoms with van der Waals surface area (Å²) in [5, 5.41) is 25.3. The lowest BCUT2D eigenvalue weighted by Gasteiger charge is -2.13. The van der Waals surface area contributed by atoms with Crippen LogP contribution in [0.4, 0.5) is 11.5 Å². The fourth-order valence-electron chi connectivity index (χ4n) is 5.07. The molecule has 0 fully saturated rings. The molecular formula is C31H29ClN10O3. The molecule has 0 bridgehead atoms. The Labute approximate surface area is 262 Å². The predicted molar refractivity (Wildman–Crippen MR) is 171 cm³/mol. The molecule has 5 heterocycles. The number of pyridine rings is 1. The largest absolute Gasteiger partial charge is 0.495 e. The Morgan fingerprint density at radius 2 is 1.82 bits per heavy atom. The number of aryl methyl sites for hydroxylation is 1. The number of carbonyl (C=O) groups excluding carboxylic acids is 2. The summed E-state index contributed by atoms with van der Waals surface area (Å²) in [6.07, 6.45) is 8.85. The first-order valence-electron chi connectivity index (χ1n) is 14.2. The zero-order chi connectivity index (χ0) is 31.5. The van der Waals surface area contributed by atoms with E-state index in [0.717, 1.165) is 46.1 Å². The number of ether oxygens (including phenoxy) is 1. The van der Waals surface area contributed by atoms with E-state index in [2.05, 4.69) is 41.2 Å². The minimum Gasteiger partial charge on any atom is -0.495 e. The summed E-state index contributed by atoms with van der Waals surface area (Å²) >= 11 is 6.27. The number of imidazole rings is 1. The molecule has 2 aromatic carbocycles. The number of nitrogens with one attached hydrogen (secondary N) is 3. The molecule has 3 N–H and O–H groups in total. The number of fused-ring (bicyclic) bond motifs is 4. The quantitative estimate of drug-likeness (QED) is 0.200. The van der Waals surface area contributed by atoms with Gasteiger partial charge in [-0.05, 0) is 49.7 Å². The summed E-state index contributed by atoms with van der Waals surface area (Å²) < 4.78 is 8.91. The number of benzene rings is 2. The number of nitrogens with zero attached hydrogens (tertiary/aromatic N) is 7. The van der Waals surface area contributed by atoms with Crippen LogP contribution in [-0.2, 0) is 13.1 Å². The summed E-state index contributed by atoms with van der Waals surface area (Å²) in [6.45, 7) is 6.03. The van der Waals surface area contributed by atoms with Gasteiger partial charge < -0.3 is 15.4 Å². The molecule has 14 heteroatoms. The van der Waals surface area contributed by atoms with Gasteiger partial charge in [-0.2, -0.15) is 5.10 Å². The van der Waals surface area contributed by atoms with E-state index in [9.17, 15) is 9.59 Å².